The van der Waals surface area contributed by atoms with E-state index in [0.29, 0.717) is 42.5 Å². The van der Waals surface area contributed by atoms with Crippen LogP contribution in [0.1, 0.15) is 49.2 Å². The molecule has 0 radical (unpaired) electrons. The summed E-state index contributed by atoms with van der Waals surface area (Å²) in [6, 6.07) is 7.17. The largest absolute Gasteiger partial charge is 0.444 e. The van der Waals surface area contributed by atoms with Crippen molar-refractivity contribution in [3.05, 3.63) is 66.0 Å². The average molecular weight is 569 g/mol. The first-order valence-corrected chi connectivity index (χ1v) is 14.7. The van der Waals surface area contributed by atoms with Gasteiger partial charge in [-0.3, -0.25) is 9.59 Å². The van der Waals surface area contributed by atoms with E-state index in [9.17, 15) is 9.59 Å². The minimum atomic E-state index is -0.194. The molecule has 11 heteroatoms. The molecular formula is C28H36N6O3S2. The van der Waals surface area contributed by atoms with Gasteiger partial charge in [-0.25, -0.2) is 9.97 Å². The van der Waals surface area contributed by atoms with Gasteiger partial charge in [0.1, 0.15) is 5.76 Å². The Morgan fingerprint density at radius 3 is 2.67 bits per heavy atom. The molecule has 208 valence electrons. The first kappa shape index (κ1) is 28.8. The Morgan fingerprint density at radius 1 is 1.21 bits per heavy atom. The van der Waals surface area contributed by atoms with Crippen LogP contribution >= 0.6 is 23.1 Å². The minimum absolute atomic E-state index is 0.0148. The van der Waals surface area contributed by atoms with Gasteiger partial charge in [0.25, 0.3) is 5.91 Å². The van der Waals surface area contributed by atoms with E-state index in [1.54, 1.807) is 59.6 Å². The third-order valence-corrected chi connectivity index (χ3v) is 8.17. The Bertz CT molecular complexity index is 1290. The van der Waals surface area contributed by atoms with Crippen LogP contribution in [0.5, 0.6) is 0 Å². The summed E-state index contributed by atoms with van der Waals surface area (Å²) in [6.07, 6.45) is 7.84. The van der Waals surface area contributed by atoms with E-state index in [0.717, 1.165) is 21.5 Å². The van der Waals surface area contributed by atoms with Crippen LogP contribution in [0.3, 0.4) is 0 Å². The first-order valence-electron chi connectivity index (χ1n) is 12.9. The van der Waals surface area contributed by atoms with Crippen molar-refractivity contribution in [2.75, 3.05) is 44.4 Å². The first-order chi connectivity index (χ1) is 18.6. The summed E-state index contributed by atoms with van der Waals surface area (Å²) in [5, 5.41) is 7.14. The molecule has 1 atom stereocenters. The van der Waals surface area contributed by atoms with Crippen molar-refractivity contribution in [2.45, 2.75) is 48.6 Å². The molecule has 1 aliphatic rings. The lowest BCUT2D eigenvalue weighted by Crippen LogP contribution is -2.31. The summed E-state index contributed by atoms with van der Waals surface area (Å²) >= 11 is 3.25. The predicted molar refractivity (Wildman–Crippen MR) is 158 cm³/mol. The summed E-state index contributed by atoms with van der Waals surface area (Å²) in [4.78, 5) is 37.8. The maximum absolute atomic E-state index is 13.0. The van der Waals surface area contributed by atoms with Gasteiger partial charge in [-0.2, -0.15) is 0 Å². The Kier molecular flexibility index (Phi) is 9.47. The lowest BCUT2D eigenvalue weighted by atomic mass is 9.94. The van der Waals surface area contributed by atoms with Crippen molar-refractivity contribution < 1.29 is 14.0 Å². The van der Waals surface area contributed by atoms with Crippen LogP contribution in [0.25, 0.3) is 0 Å². The van der Waals surface area contributed by atoms with Gasteiger partial charge >= 0.3 is 0 Å². The second-order valence-electron chi connectivity index (χ2n) is 10.8. The number of nitrogens with zero attached hydrogens (tertiary/aromatic N) is 4. The molecule has 0 spiro atoms. The number of aromatic nitrogens is 2. The van der Waals surface area contributed by atoms with Crippen LogP contribution < -0.4 is 10.6 Å². The fourth-order valence-corrected chi connectivity index (χ4v) is 5.72. The molecule has 3 heterocycles. The highest BCUT2D eigenvalue weighted by molar-refractivity contribution is 8.00. The topological polar surface area (TPSA) is 104 Å². The third kappa shape index (κ3) is 8.42. The number of oxazole rings is 1. The number of thiazole rings is 1. The van der Waals surface area contributed by atoms with Gasteiger partial charge in [0.2, 0.25) is 11.8 Å². The molecule has 2 amide bonds. The summed E-state index contributed by atoms with van der Waals surface area (Å²) in [5.41, 5.74) is 1.20. The maximum atomic E-state index is 13.0. The summed E-state index contributed by atoms with van der Waals surface area (Å²) in [7, 11) is 3.88. The van der Waals surface area contributed by atoms with Crippen molar-refractivity contribution in [1.82, 2.24) is 19.8 Å². The van der Waals surface area contributed by atoms with Crippen LogP contribution in [-0.4, -0.2) is 71.4 Å². The Labute approximate surface area is 238 Å². The molecule has 0 saturated carbocycles. The number of nitrogens with one attached hydrogen (secondary N) is 2. The number of anilines is 2. The second-order valence-corrected chi connectivity index (χ2v) is 13.1. The summed E-state index contributed by atoms with van der Waals surface area (Å²) in [6.45, 7) is 8.30. The normalized spacial score (nSPS) is 15.8. The van der Waals surface area contributed by atoms with Gasteiger partial charge in [-0.05, 0) is 44.8 Å². The zero-order valence-corrected chi connectivity index (χ0v) is 24.7. The molecule has 2 aromatic heterocycles. The molecule has 2 N–H and O–H groups in total. The Morgan fingerprint density at radius 2 is 1.97 bits per heavy atom. The molecule has 0 bridgehead atoms. The Balaban J connectivity index is 1.23. The van der Waals surface area contributed by atoms with Gasteiger partial charge in [0, 0.05) is 48.4 Å². The monoisotopic (exact) mass is 568 g/mol. The van der Waals surface area contributed by atoms with Crippen molar-refractivity contribution >= 4 is 45.7 Å². The van der Waals surface area contributed by atoms with Gasteiger partial charge in [0.05, 0.1) is 22.4 Å². The molecule has 1 aromatic carbocycles. The SMILES string of the molecule is CN(C)C/C=C/C(=O)Nc1ccc(C(=O)N2CCC(Nc3ncc(SCc4ncc(C(C)(C)C)o4)s3)C2)cc1. The van der Waals surface area contributed by atoms with E-state index in [2.05, 4.69) is 41.4 Å². The quantitative estimate of drug-likeness (QED) is 0.257. The van der Waals surface area contributed by atoms with Gasteiger partial charge < -0.3 is 24.9 Å². The number of likely N-dealkylation sites (tertiary alicyclic amines) is 1. The summed E-state index contributed by atoms with van der Waals surface area (Å²) in [5.74, 6) is 2.04. The van der Waals surface area contributed by atoms with Crippen LogP contribution in [-0.2, 0) is 16.0 Å². The molecule has 9 nitrogen and oxygen atoms in total. The van der Waals surface area contributed by atoms with Crippen molar-refractivity contribution in [2.24, 2.45) is 0 Å². The average Bonchev–Trinajstić information content (AvgIpc) is 3.64. The highest BCUT2D eigenvalue weighted by atomic mass is 32.2. The number of carbonyl (C=O) groups excluding carboxylic acids is 2. The van der Waals surface area contributed by atoms with Gasteiger partial charge in [-0.15, -0.1) is 11.8 Å². The molecule has 39 heavy (non-hydrogen) atoms. The van der Waals surface area contributed by atoms with Gasteiger partial charge in [-0.1, -0.05) is 38.2 Å². The standard InChI is InChI=1S/C28H36N6O3S2/c1-28(2,3)22-15-29-24(37-22)18-38-25-16-30-27(39-25)32-21-12-14-34(17-21)26(36)19-8-10-20(11-9-19)31-23(35)7-6-13-33(4)5/h6-11,15-16,21H,12-14,17-18H2,1-5H3,(H,30,32)(H,31,35)/b7-6+. The number of benzene rings is 1. The molecule has 1 saturated heterocycles. The fourth-order valence-electron chi connectivity index (χ4n) is 3.92. The molecular weight excluding hydrogens is 532 g/mol. The van der Waals surface area contributed by atoms with E-state index in [4.69, 9.17) is 4.42 Å². The van der Waals surface area contributed by atoms with Crippen LogP contribution in [0.15, 0.2) is 57.4 Å². The lowest BCUT2D eigenvalue weighted by Gasteiger charge is -2.17. The number of thioether (sulfide) groups is 1. The number of hydrogen-bond acceptors (Lipinski definition) is 9. The second kappa shape index (κ2) is 12.8. The molecule has 0 aliphatic carbocycles. The van der Waals surface area contributed by atoms with E-state index in [1.165, 1.54) is 6.08 Å². The summed E-state index contributed by atoms with van der Waals surface area (Å²) < 4.78 is 6.96. The van der Waals surface area contributed by atoms with Gasteiger partial charge in [0.15, 0.2) is 5.13 Å². The number of carbonyl (C=O) groups is 2. The maximum Gasteiger partial charge on any atom is 0.253 e. The minimum Gasteiger partial charge on any atom is -0.444 e. The van der Waals surface area contributed by atoms with E-state index < -0.39 is 0 Å². The van der Waals surface area contributed by atoms with E-state index in [-0.39, 0.29) is 23.3 Å². The number of rotatable bonds is 10. The highest BCUT2D eigenvalue weighted by Gasteiger charge is 2.27. The fraction of sp³-hybridized carbons (Fsp3) is 0.429. The lowest BCUT2D eigenvalue weighted by molar-refractivity contribution is -0.111. The third-order valence-electron chi connectivity index (χ3n) is 6.06. The number of hydrogen-bond donors (Lipinski definition) is 2. The van der Waals surface area contributed by atoms with Crippen LogP contribution in [0.2, 0.25) is 0 Å². The predicted octanol–water partition coefficient (Wildman–Crippen LogP) is 5.10. The molecule has 1 fully saturated rings. The molecule has 4 rings (SSSR count). The number of likely N-dealkylation sites (N-methyl/N-ethyl adjacent to an activating group) is 1. The zero-order valence-electron chi connectivity index (χ0n) is 23.1. The van der Waals surface area contributed by atoms with E-state index >= 15 is 0 Å². The van der Waals surface area contributed by atoms with Crippen molar-refractivity contribution in [3.8, 4) is 0 Å². The smallest absolute Gasteiger partial charge is 0.253 e. The van der Waals surface area contributed by atoms with Crippen molar-refractivity contribution in [3.63, 3.8) is 0 Å². The molecule has 1 unspecified atom stereocenters. The molecule has 1 aliphatic heterocycles. The zero-order chi connectivity index (χ0) is 28.0. The Hall–Kier alpha value is -3.15. The number of amides is 2. The van der Waals surface area contributed by atoms with Crippen LogP contribution in [0.4, 0.5) is 10.8 Å². The van der Waals surface area contributed by atoms with Crippen molar-refractivity contribution in [1.29, 1.82) is 0 Å². The van der Waals surface area contributed by atoms with E-state index in [1.807, 2.05) is 30.1 Å². The molecule has 3 aromatic rings. The van der Waals surface area contributed by atoms with Crippen LogP contribution in [0, 0.1) is 0 Å². The highest BCUT2D eigenvalue weighted by Crippen LogP contribution is 2.32.